The lowest BCUT2D eigenvalue weighted by molar-refractivity contribution is -0.149. The van der Waals surface area contributed by atoms with Crippen LogP contribution < -0.4 is 5.32 Å². The lowest BCUT2D eigenvalue weighted by Crippen LogP contribution is -2.46. The van der Waals surface area contributed by atoms with Gasteiger partial charge in [0.1, 0.15) is 17.1 Å². The number of carbonyl (C=O) groups excluding carboxylic acids is 2. The van der Waals surface area contributed by atoms with Crippen LogP contribution >= 0.6 is 0 Å². The molecule has 0 bridgehead atoms. The van der Waals surface area contributed by atoms with E-state index in [0.29, 0.717) is 30.2 Å². The summed E-state index contributed by atoms with van der Waals surface area (Å²) in [6.45, 7) is 5.83. The van der Waals surface area contributed by atoms with Crippen LogP contribution in [-0.4, -0.2) is 56.7 Å². The van der Waals surface area contributed by atoms with E-state index in [0.717, 1.165) is 31.9 Å². The van der Waals surface area contributed by atoms with Gasteiger partial charge >= 0.3 is 11.9 Å². The summed E-state index contributed by atoms with van der Waals surface area (Å²) in [5.41, 5.74) is 0.425. The van der Waals surface area contributed by atoms with Crippen molar-refractivity contribution >= 4 is 17.9 Å². The first-order valence-electron chi connectivity index (χ1n) is 8.80. The van der Waals surface area contributed by atoms with Gasteiger partial charge in [-0.05, 0) is 32.8 Å². The number of furan rings is 1. The summed E-state index contributed by atoms with van der Waals surface area (Å²) < 4.78 is 15.4. The van der Waals surface area contributed by atoms with E-state index in [1.165, 1.54) is 7.11 Å². The molecular formula is C18H27N3O5. The van der Waals surface area contributed by atoms with E-state index in [1.54, 1.807) is 20.0 Å². The maximum absolute atomic E-state index is 11.8. The highest BCUT2D eigenvalue weighted by Gasteiger charge is 2.27. The predicted octanol–water partition coefficient (Wildman–Crippen LogP) is 1.73. The first-order valence-corrected chi connectivity index (χ1v) is 8.80. The molecular weight excluding hydrogens is 338 g/mol. The number of rotatable bonds is 5. The summed E-state index contributed by atoms with van der Waals surface area (Å²) >= 11 is 0. The van der Waals surface area contributed by atoms with Crippen LogP contribution in [0.3, 0.4) is 0 Å². The highest BCUT2D eigenvalue weighted by molar-refractivity contribution is 5.90. The molecule has 2 rings (SSSR count). The normalized spacial score (nSPS) is 15.7. The molecule has 2 heterocycles. The molecule has 1 aromatic rings. The van der Waals surface area contributed by atoms with Gasteiger partial charge in [-0.15, -0.1) is 0 Å². The molecule has 144 valence electrons. The average Bonchev–Trinajstić information content (AvgIpc) is 3.03. The Morgan fingerprint density at radius 2 is 2.08 bits per heavy atom. The molecule has 26 heavy (non-hydrogen) atoms. The Balaban J connectivity index is 1.89. The van der Waals surface area contributed by atoms with E-state index in [9.17, 15) is 9.59 Å². The number of nitrogens with one attached hydrogen (secondary N) is 1. The fraction of sp³-hybridized carbons (Fsp3) is 0.611. The second-order valence-electron chi connectivity index (χ2n) is 6.09. The molecule has 1 aliphatic rings. The van der Waals surface area contributed by atoms with Crippen molar-refractivity contribution in [2.75, 3.05) is 33.9 Å². The van der Waals surface area contributed by atoms with Crippen LogP contribution in [0.4, 0.5) is 0 Å². The van der Waals surface area contributed by atoms with Crippen molar-refractivity contribution in [1.82, 2.24) is 10.2 Å². The Labute approximate surface area is 153 Å². The van der Waals surface area contributed by atoms with Gasteiger partial charge in [-0.1, -0.05) is 0 Å². The monoisotopic (exact) mass is 365 g/mol. The Bertz CT molecular complexity index is 660. The first kappa shape index (κ1) is 19.8. The molecule has 0 unspecified atom stereocenters. The SMILES string of the molecule is CCOC(=O)C1CCN(C(=NC)NCc2cc(C(=O)OC)c(C)o2)CC1. The number of nitrogens with zero attached hydrogens (tertiary/aromatic N) is 2. The zero-order chi connectivity index (χ0) is 19.1. The number of aliphatic imine (C=N–C) groups is 1. The summed E-state index contributed by atoms with van der Waals surface area (Å²) in [6, 6.07) is 1.68. The van der Waals surface area contributed by atoms with Crippen molar-refractivity contribution < 1.29 is 23.5 Å². The fourth-order valence-corrected chi connectivity index (χ4v) is 3.03. The molecule has 8 heteroatoms. The van der Waals surface area contributed by atoms with Crippen LogP contribution in [0, 0.1) is 12.8 Å². The second-order valence-corrected chi connectivity index (χ2v) is 6.09. The molecule has 0 aliphatic carbocycles. The van der Waals surface area contributed by atoms with Crippen LogP contribution in [-0.2, 0) is 20.8 Å². The molecule has 0 atom stereocenters. The minimum atomic E-state index is -0.414. The number of esters is 2. The maximum Gasteiger partial charge on any atom is 0.341 e. The Morgan fingerprint density at radius 1 is 1.38 bits per heavy atom. The second kappa shape index (κ2) is 9.26. The molecule has 0 amide bonds. The van der Waals surface area contributed by atoms with Gasteiger partial charge in [0.05, 0.1) is 26.2 Å². The van der Waals surface area contributed by atoms with Crippen molar-refractivity contribution in [3.8, 4) is 0 Å². The summed E-state index contributed by atoms with van der Waals surface area (Å²) in [6.07, 6.45) is 1.48. The average molecular weight is 365 g/mol. The number of guanidine groups is 1. The molecule has 8 nitrogen and oxygen atoms in total. The van der Waals surface area contributed by atoms with Crippen molar-refractivity contribution in [3.63, 3.8) is 0 Å². The van der Waals surface area contributed by atoms with Gasteiger partial charge in [0, 0.05) is 20.1 Å². The molecule has 1 saturated heterocycles. The summed E-state index contributed by atoms with van der Waals surface area (Å²) in [5.74, 6) is 1.32. The quantitative estimate of drug-likeness (QED) is 0.482. The molecule has 0 spiro atoms. The third-order valence-corrected chi connectivity index (χ3v) is 4.42. The van der Waals surface area contributed by atoms with Crippen molar-refractivity contribution in [1.29, 1.82) is 0 Å². The lowest BCUT2D eigenvalue weighted by atomic mass is 9.97. The highest BCUT2D eigenvalue weighted by atomic mass is 16.5. The largest absolute Gasteiger partial charge is 0.466 e. The molecule has 1 aliphatic heterocycles. The number of piperidine rings is 1. The Morgan fingerprint density at radius 3 is 2.65 bits per heavy atom. The van der Waals surface area contributed by atoms with Crippen LogP contribution in [0.1, 0.15) is 41.6 Å². The number of carbonyl (C=O) groups is 2. The predicted molar refractivity (Wildman–Crippen MR) is 95.9 cm³/mol. The standard InChI is InChI=1S/C18H27N3O5/c1-5-25-16(22)13-6-8-21(9-7-13)18(19-3)20-11-14-10-15(12(2)26-14)17(23)24-4/h10,13H,5-9,11H2,1-4H3,(H,19,20). The van der Waals surface area contributed by atoms with E-state index in [2.05, 4.69) is 15.2 Å². The molecule has 1 fully saturated rings. The van der Waals surface area contributed by atoms with Crippen molar-refractivity contribution in [2.45, 2.75) is 33.2 Å². The minimum Gasteiger partial charge on any atom is -0.466 e. The number of hydrogen-bond donors (Lipinski definition) is 1. The number of ether oxygens (including phenoxy) is 2. The zero-order valence-corrected chi connectivity index (χ0v) is 15.8. The number of aryl methyl sites for hydroxylation is 1. The van der Waals surface area contributed by atoms with Gasteiger partial charge in [0.25, 0.3) is 0 Å². The maximum atomic E-state index is 11.8. The van der Waals surface area contributed by atoms with Gasteiger partial charge in [0.2, 0.25) is 0 Å². The summed E-state index contributed by atoms with van der Waals surface area (Å²) in [5, 5.41) is 3.24. The minimum absolute atomic E-state index is 0.0420. The molecule has 0 radical (unpaired) electrons. The highest BCUT2D eigenvalue weighted by Crippen LogP contribution is 2.19. The van der Waals surface area contributed by atoms with E-state index in [-0.39, 0.29) is 11.9 Å². The van der Waals surface area contributed by atoms with E-state index in [4.69, 9.17) is 13.9 Å². The smallest absolute Gasteiger partial charge is 0.341 e. The lowest BCUT2D eigenvalue weighted by Gasteiger charge is -2.33. The van der Waals surface area contributed by atoms with E-state index in [1.807, 2.05) is 6.92 Å². The van der Waals surface area contributed by atoms with Crippen molar-refractivity contribution in [2.24, 2.45) is 10.9 Å². The van der Waals surface area contributed by atoms with Crippen LogP contribution in [0.5, 0.6) is 0 Å². The Kier molecular flexibility index (Phi) is 7.06. The van der Waals surface area contributed by atoms with Gasteiger partial charge < -0.3 is 24.1 Å². The number of methoxy groups -OCH3 is 1. The molecule has 0 aromatic carbocycles. The van der Waals surface area contributed by atoms with E-state index < -0.39 is 5.97 Å². The third kappa shape index (κ3) is 4.77. The van der Waals surface area contributed by atoms with Gasteiger partial charge in [-0.3, -0.25) is 9.79 Å². The number of likely N-dealkylation sites (tertiary alicyclic amines) is 1. The number of hydrogen-bond acceptors (Lipinski definition) is 6. The first-order chi connectivity index (χ1) is 12.5. The topological polar surface area (TPSA) is 93.4 Å². The van der Waals surface area contributed by atoms with Crippen molar-refractivity contribution in [3.05, 3.63) is 23.2 Å². The van der Waals surface area contributed by atoms with Crippen LogP contribution in [0.2, 0.25) is 0 Å². The summed E-state index contributed by atoms with van der Waals surface area (Å²) in [4.78, 5) is 29.9. The molecule has 0 saturated carbocycles. The Hall–Kier alpha value is -2.51. The van der Waals surface area contributed by atoms with Gasteiger partial charge in [0.15, 0.2) is 5.96 Å². The van der Waals surface area contributed by atoms with E-state index >= 15 is 0 Å². The van der Waals surface area contributed by atoms with Crippen LogP contribution in [0.25, 0.3) is 0 Å². The third-order valence-electron chi connectivity index (χ3n) is 4.42. The fourth-order valence-electron chi connectivity index (χ4n) is 3.03. The van der Waals surface area contributed by atoms with Gasteiger partial charge in [-0.25, -0.2) is 4.79 Å². The molecule has 1 N–H and O–H groups in total. The van der Waals surface area contributed by atoms with Crippen LogP contribution in [0.15, 0.2) is 15.5 Å². The summed E-state index contributed by atoms with van der Waals surface area (Å²) in [7, 11) is 3.06. The van der Waals surface area contributed by atoms with Gasteiger partial charge in [-0.2, -0.15) is 0 Å². The molecule has 1 aromatic heterocycles. The zero-order valence-electron chi connectivity index (χ0n) is 15.8.